The van der Waals surface area contributed by atoms with Crippen molar-refractivity contribution in [1.29, 1.82) is 0 Å². The Balaban J connectivity index is 1.75. The van der Waals surface area contributed by atoms with Gasteiger partial charge in [0.1, 0.15) is 5.25 Å². The molecule has 2 N–H and O–H groups in total. The molecule has 0 aromatic heterocycles. The van der Waals surface area contributed by atoms with E-state index in [9.17, 15) is 18.0 Å². The SMILES string of the molecule is NS(=O)(=O)C1CC(=O)N(c2ccc(C(=O)N3CCCC3)cc2)C1. The molecule has 7 nitrogen and oxygen atoms in total. The standard InChI is InChI=1S/C15H19N3O4S/c16-23(21,22)13-9-14(19)18(10-13)12-5-3-11(4-6-12)15(20)17-7-1-2-8-17/h3-6,13H,1-2,7-10H2,(H2,16,21,22). The first-order chi connectivity index (χ1) is 10.9. The summed E-state index contributed by atoms with van der Waals surface area (Å²) < 4.78 is 22.8. The number of nitrogens with zero attached hydrogens (tertiary/aromatic N) is 2. The number of carbonyl (C=O) groups excluding carboxylic acids is 2. The van der Waals surface area contributed by atoms with E-state index >= 15 is 0 Å². The number of primary sulfonamides is 1. The van der Waals surface area contributed by atoms with E-state index in [2.05, 4.69) is 0 Å². The normalized spacial score (nSPS) is 22.0. The second-order valence-electron chi connectivity index (χ2n) is 5.97. The zero-order valence-corrected chi connectivity index (χ0v) is 13.5. The number of anilines is 1. The van der Waals surface area contributed by atoms with Gasteiger partial charge in [-0.25, -0.2) is 13.6 Å². The maximum Gasteiger partial charge on any atom is 0.253 e. The number of benzene rings is 1. The fraction of sp³-hybridized carbons (Fsp3) is 0.467. The number of carbonyl (C=O) groups is 2. The molecule has 0 aliphatic carbocycles. The predicted molar refractivity (Wildman–Crippen MR) is 85.4 cm³/mol. The lowest BCUT2D eigenvalue weighted by molar-refractivity contribution is -0.117. The minimum atomic E-state index is -3.73. The molecule has 8 heteroatoms. The van der Waals surface area contributed by atoms with Crippen molar-refractivity contribution in [2.24, 2.45) is 5.14 Å². The van der Waals surface area contributed by atoms with E-state index in [0.29, 0.717) is 11.3 Å². The first-order valence-corrected chi connectivity index (χ1v) is 9.18. The Labute approximate surface area is 135 Å². The summed E-state index contributed by atoms with van der Waals surface area (Å²) in [5.74, 6) is -0.285. The van der Waals surface area contributed by atoms with Gasteiger partial charge in [0.05, 0.1) is 0 Å². The van der Waals surface area contributed by atoms with Crippen molar-refractivity contribution in [2.75, 3.05) is 24.5 Å². The monoisotopic (exact) mass is 337 g/mol. The molecule has 1 aromatic carbocycles. The number of hydrogen-bond acceptors (Lipinski definition) is 4. The summed E-state index contributed by atoms with van der Waals surface area (Å²) in [6, 6.07) is 6.69. The van der Waals surface area contributed by atoms with Gasteiger partial charge in [-0.05, 0) is 37.1 Å². The van der Waals surface area contributed by atoms with Gasteiger partial charge in [0.25, 0.3) is 5.91 Å². The maximum atomic E-state index is 12.3. The van der Waals surface area contributed by atoms with Crippen LogP contribution in [-0.2, 0) is 14.8 Å². The number of nitrogens with two attached hydrogens (primary N) is 1. The molecule has 2 aliphatic heterocycles. The molecule has 1 aromatic rings. The van der Waals surface area contributed by atoms with E-state index in [1.165, 1.54) is 4.90 Å². The minimum Gasteiger partial charge on any atom is -0.339 e. The minimum absolute atomic E-state index is 0.00999. The zero-order valence-electron chi connectivity index (χ0n) is 12.6. The Bertz CT molecular complexity index is 724. The topological polar surface area (TPSA) is 101 Å². The van der Waals surface area contributed by atoms with Crippen LogP contribution >= 0.6 is 0 Å². The van der Waals surface area contributed by atoms with Gasteiger partial charge in [0, 0.05) is 37.3 Å². The van der Waals surface area contributed by atoms with Crippen molar-refractivity contribution < 1.29 is 18.0 Å². The zero-order chi connectivity index (χ0) is 16.6. The van der Waals surface area contributed by atoms with Crippen molar-refractivity contribution in [3.05, 3.63) is 29.8 Å². The summed E-state index contributed by atoms with van der Waals surface area (Å²) >= 11 is 0. The second kappa shape index (κ2) is 5.93. The Morgan fingerprint density at radius 2 is 1.74 bits per heavy atom. The first kappa shape index (κ1) is 15.9. The van der Waals surface area contributed by atoms with Crippen LogP contribution in [0.3, 0.4) is 0 Å². The maximum absolute atomic E-state index is 12.3. The number of amides is 2. The quantitative estimate of drug-likeness (QED) is 0.858. The average molecular weight is 337 g/mol. The van der Waals surface area contributed by atoms with E-state index in [1.807, 2.05) is 4.90 Å². The molecular weight excluding hydrogens is 318 g/mol. The van der Waals surface area contributed by atoms with E-state index in [4.69, 9.17) is 5.14 Å². The lowest BCUT2D eigenvalue weighted by Gasteiger charge is -2.18. The molecule has 2 saturated heterocycles. The van der Waals surface area contributed by atoms with Crippen molar-refractivity contribution in [3.63, 3.8) is 0 Å². The van der Waals surface area contributed by atoms with Crippen molar-refractivity contribution >= 4 is 27.5 Å². The average Bonchev–Trinajstić information content (AvgIpc) is 3.15. The largest absolute Gasteiger partial charge is 0.339 e. The third kappa shape index (κ3) is 3.23. The van der Waals surface area contributed by atoms with Crippen LogP contribution in [0.15, 0.2) is 24.3 Å². The van der Waals surface area contributed by atoms with Crippen LogP contribution in [0.2, 0.25) is 0 Å². The van der Waals surface area contributed by atoms with Crippen LogP contribution in [-0.4, -0.2) is 50.0 Å². The van der Waals surface area contributed by atoms with Crippen LogP contribution in [0.1, 0.15) is 29.6 Å². The highest BCUT2D eigenvalue weighted by molar-refractivity contribution is 7.89. The van der Waals surface area contributed by atoms with Crippen LogP contribution in [0, 0.1) is 0 Å². The molecule has 2 fully saturated rings. The first-order valence-electron chi connectivity index (χ1n) is 7.57. The molecule has 0 bridgehead atoms. The van der Waals surface area contributed by atoms with Crippen molar-refractivity contribution in [2.45, 2.75) is 24.5 Å². The molecule has 1 atom stereocenters. The number of sulfonamides is 1. The van der Waals surface area contributed by atoms with Crippen LogP contribution in [0.5, 0.6) is 0 Å². The van der Waals surface area contributed by atoms with Gasteiger partial charge in [-0.15, -0.1) is 0 Å². The summed E-state index contributed by atoms with van der Waals surface area (Å²) in [5, 5.41) is 4.25. The van der Waals surface area contributed by atoms with E-state index in [0.717, 1.165) is 25.9 Å². The van der Waals surface area contributed by atoms with Gasteiger partial charge in [0.2, 0.25) is 15.9 Å². The molecular formula is C15H19N3O4S. The Kier molecular flexibility index (Phi) is 4.11. The van der Waals surface area contributed by atoms with Gasteiger partial charge < -0.3 is 9.80 Å². The highest BCUT2D eigenvalue weighted by Gasteiger charge is 2.37. The lowest BCUT2D eigenvalue weighted by atomic mass is 10.1. The second-order valence-corrected chi connectivity index (χ2v) is 7.81. The number of rotatable bonds is 3. The molecule has 3 rings (SSSR count). The Hall–Kier alpha value is -1.93. The van der Waals surface area contributed by atoms with Crippen LogP contribution < -0.4 is 10.0 Å². The van der Waals surface area contributed by atoms with Gasteiger partial charge >= 0.3 is 0 Å². The summed E-state index contributed by atoms with van der Waals surface area (Å²) in [7, 11) is -3.73. The van der Waals surface area contributed by atoms with Gasteiger partial charge in [-0.1, -0.05) is 0 Å². The summed E-state index contributed by atoms with van der Waals surface area (Å²) in [6.07, 6.45) is 1.95. The molecule has 23 heavy (non-hydrogen) atoms. The summed E-state index contributed by atoms with van der Waals surface area (Å²) in [4.78, 5) is 27.5. The fourth-order valence-corrected chi connectivity index (χ4v) is 3.76. The van der Waals surface area contributed by atoms with Gasteiger partial charge in [0.15, 0.2) is 0 Å². The van der Waals surface area contributed by atoms with E-state index in [-0.39, 0.29) is 24.8 Å². The lowest BCUT2D eigenvalue weighted by Crippen LogP contribution is -2.32. The Morgan fingerprint density at radius 1 is 1.13 bits per heavy atom. The molecule has 2 heterocycles. The molecule has 0 saturated carbocycles. The van der Waals surface area contributed by atoms with Gasteiger partial charge in [-0.3, -0.25) is 9.59 Å². The fourth-order valence-electron chi connectivity index (χ4n) is 3.03. The molecule has 1 unspecified atom stereocenters. The number of hydrogen-bond donors (Lipinski definition) is 1. The molecule has 124 valence electrons. The smallest absolute Gasteiger partial charge is 0.253 e. The molecule has 0 spiro atoms. The molecule has 2 amide bonds. The number of likely N-dealkylation sites (tertiary alicyclic amines) is 1. The summed E-state index contributed by atoms with van der Waals surface area (Å²) in [6.45, 7) is 1.61. The predicted octanol–water partition coefficient (Wildman–Crippen LogP) is 0.316. The third-order valence-electron chi connectivity index (χ3n) is 4.37. The van der Waals surface area contributed by atoms with Crippen LogP contribution in [0.4, 0.5) is 5.69 Å². The van der Waals surface area contributed by atoms with Gasteiger partial charge in [-0.2, -0.15) is 0 Å². The highest BCUT2D eigenvalue weighted by Crippen LogP contribution is 2.25. The van der Waals surface area contributed by atoms with Crippen molar-refractivity contribution in [1.82, 2.24) is 4.90 Å². The highest BCUT2D eigenvalue weighted by atomic mass is 32.2. The van der Waals surface area contributed by atoms with Crippen molar-refractivity contribution in [3.8, 4) is 0 Å². The van der Waals surface area contributed by atoms with Crippen LogP contribution in [0.25, 0.3) is 0 Å². The molecule has 0 radical (unpaired) electrons. The molecule has 2 aliphatic rings. The summed E-state index contributed by atoms with van der Waals surface area (Å²) in [5.41, 5.74) is 1.16. The van der Waals surface area contributed by atoms with E-state index in [1.54, 1.807) is 24.3 Å². The Morgan fingerprint density at radius 3 is 2.26 bits per heavy atom. The third-order valence-corrected chi connectivity index (χ3v) is 5.62. The van der Waals surface area contributed by atoms with E-state index < -0.39 is 15.3 Å².